The van der Waals surface area contributed by atoms with E-state index in [1.165, 1.54) is 0 Å². The zero-order valence-electron chi connectivity index (χ0n) is 8.85. The molecule has 82 valence electrons. The Morgan fingerprint density at radius 3 is 3.00 bits per heavy atom. The van der Waals surface area contributed by atoms with Crippen LogP contribution in [-0.2, 0) is 0 Å². The number of Topliss-reactive ketones (excluding diaryl/α,β-unsaturated/α-hetero) is 1. The summed E-state index contributed by atoms with van der Waals surface area (Å²) in [6, 6.07) is 7.33. The molecular weight excluding hydrogens is 224 g/mol. The molecule has 1 heterocycles. The summed E-state index contributed by atoms with van der Waals surface area (Å²) in [4.78, 5) is 11.4. The highest BCUT2D eigenvalue weighted by Crippen LogP contribution is 2.15. The zero-order chi connectivity index (χ0) is 11.5. The van der Waals surface area contributed by atoms with Crippen molar-refractivity contribution in [2.24, 2.45) is 0 Å². The lowest BCUT2D eigenvalue weighted by Gasteiger charge is -2.00. The summed E-state index contributed by atoms with van der Waals surface area (Å²) < 4.78 is 1.65. The van der Waals surface area contributed by atoms with Gasteiger partial charge in [0, 0.05) is 17.6 Å². The predicted octanol–water partition coefficient (Wildman–Crippen LogP) is 3.12. The lowest BCUT2D eigenvalue weighted by atomic mass is 10.2. The van der Waals surface area contributed by atoms with Crippen molar-refractivity contribution in [3.63, 3.8) is 0 Å². The number of hydrogen-bond acceptors (Lipinski definition) is 2. The average Bonchev–Trinajstić information content (AvgIpc) is 2.77. The van der Waals surface area contributed by atoms with Crippen LogP contribution in [0.5, 0.6) is 0 Å². The van der Waals surface area contributed by atoms with Crippen LogP contribution >= 0.6 is 11.6 Å². The van der Waals surface area contributed by atoms with Crippen molar-refractivity contribution in [1.29, 1.82) is 0 Å². The van der Waals surface area contributed by atoms with E-state index in [0.29, 0.717) is 17.0 Å². The number of carbonyl (C=O) groups excluding carboxylic acids is 1. The average molecular weight is 235 g/mol. The molecule has 0 amide bonds. The molecule has 1 aromatic heterocycles. The van der Waals surface area contributed by atoms with Gasteiger partial charge in [-0.05, 0) is 18.2 Å². The SMILES string of the molecule is CCC(=O)c1cnn(-c2cccc(Cl)c2)c1. The summed E-state index contributed by atoms with van der Waals surface area (Å²) in [5.74, 6) is 0.0910. The molecule has 0 aliphatic carbocycles. The molecule has 0 unspecified atom stereocenters. The number of benzene rings is 1. The first kappa shape index (κ1) is 10.9. The van der Waals surface area contributed by atoms with Gasteiger partial charge in [0.25, 0.3) is 0 Å². The van der Waals surface area contributed by atoms with Crippen LogP contribution in [0.3, 0.4) is 0 Å². The molecule has 0 aliphatic heterocycles. The van der Waals surface area contributed by atoms with Gasteiger partial charge in [0.1, 0.15) is 0 Å². The molecule has 0 N–H and O–H groups in total. The van der Waals surface area contributed by atoms with Gasteiger partial charge in [-0.2, -0.15) is 5.10 Å². The van der Waals surface area contributed by atoms with Gasteiger partial charge in [0.2, 0.25) is 0 Å². The summed E-state index contributed by atoms with van der Waals surface area (Å²) in [6.45, 7) is 1.83. The Kier molecular flexibility index (Phi) is 3.06. The Hall–Kier alpha value is -1.61. The second-order valence-corrected chi connectivity index (χ2v) is 3.87. The van der Waals surface area contributed by atoms with E-state index in [-0.39, 0.29) is 5.78 Å². The lowest BCUT2D eigenvalue weighted by molar-refractivity contribution is 0.0988. The highest BCUT2D eigenvalue weighted by molar-refractivity contribution is 6.30. The van der Waals surface area contributed by atoms with Crippen molar-refractivity contribution < 1.29 is 4.79 Å². The van der Waals surface area contributed by atoms with Gasteiger partial charge in [0.15, 0.2) is 5.78 Å². The van der Waals surface area contributed by atoms with Crippen LogP contribution in [0.2, 0.25) is 5.02 Å². The number of halogens is 1. The molecule has 0 spiro atoms. The molecule has 0 atom stereocenters. The molecular formula is C12H11ClN2O. The largest absolute Gasteiger partial charge is 0.294 e. The van der Waals surface area contributed by atoms with Crippen LogP contribution in [0.4, 0.5) is 0 Å². The van der Waals surface area contributed by atoms with E-state index in [2.05, 4.69) is 5.10 Å². The summed E-state index contributed by atoms with van der Waals surface area (Å²) in [5, 5.41) is 4.78. The third-order valence-electron chi connectivity index (χ3n) is 2.30. The maximum atomic E-state index is 11.4. The van der Waals surface area contributed by atoms with E-state index < -0.39 is 0 Å². The first-order valence-corrected chi connectivity index (χ1v) is 5.42. The van der Waals surface area contributed by atoms with Crippen molar-refractivity contribution in [2.75, 3.05) is 0 Å². The number of aromatic nitrogens is 2. The van der Waals surface area contributed by atoms with Crippen LogP contribution in [0.25, 0.3) is 5.69 Å². The number of ketones is 1. The van der Waals surface area contributed by atoms with E-state index in [4.69, 9.17) is 11.6 Å². The van der Waals surface area contributed by atoms with E-state index in [1.54, 1.807) is 29.2 Å². The molecule has 0 bridgehead atoms. The minimum absolute atomic E-state index is 0.0910. The molecule has 4 heteroatoms. The quantitative estimate of drug-likeness (QED) is 0.765. The third-order valence-corrected chi connectivity index (χ3v) is 2.53. The highest BCUT2D eigenvalue weighted by atomic mass is 35.5. The van der Waals surface area contributed by atoms with Gasteiger partial charge >= 0.3 is 0 Å². The second kappa shape index (κ2) is 4.49. The summed E-state index contributed by atoms with van der Waals surface area (Å²) >= 11 is 5.88. The van der Waals surface area contributed by atoms with Gasteiger partial charge in [-0.25, -0.2) is 4.68 Å². The summed E-state index contributed by atoms with van der Waals surface area (Å²) in [7, 11) is 0. The molecule has 0 radical (unpaired) electrons. The van der Waals surface area contributed by atoms with Crippen LogP contribution in [-0.4, -0.2) is 15.6 Å². The van der Waals surface area contributed by atoms with Gasteiger partial charge < -0.3 is 0 Å². The van der Waals surface area contributed by atoms with Crippen molar-refractivity contribution in [2.45, 2.75) is 13.3 Å². The highest BCUT2D eigenvalue weighted by Gasteiger charge is 2.07. The summed E-state index contributed by atoms with van der Waals surface area (Å²) in [5.41, 5.74) is 1.48. The Labute approximate surface area is 98.7 Å². The summed E-state index contributed by atoms with van der Waals surface area (Å²) in [6.07, 6.45) is 3.78. The van der Waals surface area contributed by atoms with Crippen molar-refractivity contribution in [1.82, 2.24) is 9.78 Å². The van der Waals surface area contributed by atoms with Crippen LogP contribution in [0, 0.1) is 0 Å². The first-order chi connectivity index (χ1) is 7.70. The molecule has 0 saturated carbocycles. The molecule has 16 heavy (non-hydrogen) atoms. The Balaban J connectivity index is 2.35. The molecule has 2 aromatic rings. The predicted molar refractivity (Wildman–Crippen MR) is 63.2 cm³/mol. The maximum Gasteiger partial charge on any atom is 0.165 e. The molecule has 0 fully saturated rings. The third kappa shape index (κ3) is 2.14. The molecule has 3 nitrogen and oxygen atoms in total. The fourth-order valence-electron chi connectivity index (χ4n) is 1.43. The monoisotopic (exact) mass is 234 g/mol. The Bertz CT molecular complexity index is 519. The van der Waals surface area contributed by atoms with Crippen molar-refractivity contribution in [3.05, 3.63) is 47.2 Å². The minimum Gasteiger partial charge on any atom is -0.294 e. The standard InChI is InChI=1S/C12H11ClN2O/c1-2-12(16)9-7-14-15(8-9)11-5-3-4-10(13)6-11/h3-8H,2H2,1H3. The van der Waals surface area contributed by atoms with Gasteiger partial charge in [0.05, 0.1) is 17.4 Å². The molecule has 0 saturated heterocycles. The number of carbonyl (C=O) groups is 1. The van der Waals surface area contributed by atoms with Crippen molar-refractivity contribution in [3.8, 4) is 5.69 Å². The van der Waals surface area contributed by atoms with Crippen LogP contribution < -0.4 is 0 Å². The van der Waals surface area contributed by atoms with E-state index >= 15 is 0 Å². The van der Waals surface area contributed by atoms with E-state index in [1.807, 2.05) is 19.1 Å². The minimum atomic E-state index is 0.0910. The normalized spacial score (nSPS) is 10.4. The molecule has 1 aromatic carbocycles. The smallest absolute Gasteiger partial charge is 0.165 e. The number of hydrogen-bond donors (Lipinski definition) is 0. The van der Waals surface area contributed by atoms with Gasteiger partial charge in [-0.3, -0.25) is 4.79 Å². The van der Waals surface area contributed by atoms with Gasteiger partial charge in [-0.15, -0.1) is 0 Å². The Morgan fingerprint density at radius 2 is 2.31 bits per heavy atom. The van der Waals surface area contributed by atoms with Crippen LogP contribution in [0.15, 0.2) is 36.7 Å². The topological polar surface area (TPSA) is 34.9 Å². The Morgan fingerprint density at radius 1 is 1.50 bits per heavy atom. The first-order valence-electron chi connectivity index (χ1n) is 5.04. The van der Waals surface area contributed by atoms with Crippen LogP contribution in [0.1, 0.15) is 23.7 Å². The number of rotatable bonds is 3. The zero-order valence-corrected chi connectivity index (χ0v) is 9.61. The molecule has 0 aliphatic rings. The van der Waals surface area contributed by atoms with E-state index in [9.17, 15) is 4.79 Å². The second-order valence-electron chi connectivity index (χ2n) is 3.43. The lowest BCUT2D eigenvalue weighted by Crippen LogP contribution is -1.95. The molecule has 2 rings (SSSR count). The van der Waals surface area contributed by atoms with E-state index in [0.717, 1.165) is 5.69 Å². The fraction of sp³-hybridized carbons (Fsp3) is 0.167. The van der Waals surface area contributed by atoms with Gasteiger partial charge in [-0.1, -0.05) is 24.6 Å². The number of nitrogens with zero attached hydrogens (tertiary/aromatic N) is 2. The maximum absolute atomic E-state index is 11.4. The fourth-order valence-corrected chi connectivity index (χ4v) is 1.62. The van der Waals surface area contributed by atoms with Crippen molar-refractivity contribution >= 4 is 17.4 Å².